The quantitative estimate of drug-likeness (QED) is 0.778. The van der Waals surface area contributed by atoms with E-state index in [4.69, 9.17) is 0 Å². The largest absolute Gasteiger partial charge is 0.312 e. The molecule has 112 valence electrons. The molecule has 2 heterocycles. The van der Waals surface area contributed by atoms with Crippen LogP contribution in [0.2, 0.25) is 0 Å². The first-order valence-electron chi connectivity index (χ1n) is 7.99. The van der Waals surface area contributed by atoms with E-state index >= 15 is 0 Å². The van der Waals surface area contributed by atoms with E-state index in [0.29, 0.717) is 0 Å². The van der Waals surface area contributed by atoms with Crippen LogP contribution in [0.25, 0.3) is 10.4 Å². The van der Waals surface area contributed by atoms with E-state index in [9.17, 15) is 0 Å². The average molecular weight is 300 g/mol. The highest BCUT2D eigenvalue weighted by molar-refractivity contribution is 7.15. The second-order valence-corrected chi connectivity index (χ2v) is 6.88. The fourth-order valence-electron chi connectivity index (χ4n) is 2.88. The monoisotopic (exact) mass is 300 g/mol. The number of likely N-dealkylation sites (tertiary alicyclic amines) is 1. The summed E-state index contributed by atoms with van der Waals surface area (Å²) in [4.78, 5) is 5.37. The summed E-state index contributed by atoms with van der Waals surface area (Å²) in [6.45, 7) is 6.00. The lowest BCUT2D eigenvalue weighted by atomic mass is 10.2. The predicted molar refractivity (Wildman–Crippen MR) is 91.8 cm³/mol. The van der Waals surface area contributed by atoms with Crippen molar-refractivity contribution in [3.63, 3.8) is 0 Å². The van der Waals surface area contributed by atoms with Crippen molar-refractivity contribution in [3.05, 3.63) is 47.3 Å². The molecule has 21 heavy (non-hydrogen) atoms. The van der Waals surface area contributed by atoms with Crippen LogP contribution in [0.4, 0.5) is 0 Å². The number of hydrogen-bond acceptors (Lipinski definition) is 3. The second-order valence-electron chi connectivity index (χ2n) is 5.71. The first-order valence-corrected chi connectivity index (χ1v) is 8.81. The molecule has 1 aromatic heterocycles. The lowest BCUT2D eigenvalue weighted by molar-refractivity contribution is 0.331. The molecule has 1 saturated heterocycles. The molecule has 2 aromatic rings. The van der Waals surface area contributed by atoms with E-state index in [-0.39, 0.29) is 0 Å². The van der Waals surface area contributed by atoms with E-state index in [1.54, 1.807) is 0 Å². The van der Waals surface area contributed by atoms with Crippen LogP contribution in [0.5, 0.6) is 0 Å². The van der Waals surface area contributed by atoms with Gasteiger partial charge in [-0.3, -0.25) is 0 Å². The molecule has 3 rings (SSSR count). The van der Waals surface area contributed by atoms with Crippen LogP contribution in [0.3, 0.4) is 0 Å². The molecule has 0 amide bonds. The van der Waals surface area contributed by atoms with Crippen molar-refractivity contribution in [2.24, 2.45) is 0 Å². The Morgan fingerprint density at radius 2 is 1.81 bits per heavy atom. The number of thiophene rings is 1. The predicted octanol–water partition coefficient (Wildman–Crippen LogP) is 3.99. The number of nitrogens with zero attached hydrogens (tertiary/aromatic N) is 1. The first kappa shape index (κ1) is 14.8. The van der Waals surface area contributed by atoms with Crippen LogP contribution < -0.4 is 5.32 Å². The lowest BCUT2D eigenvalue weighted by Gasteiger charge is -2.14. The van der Waals surface area contributed by atoms with Gasteiger partial charge < -0.3 is 10.2 Å². The molecule has 1 aliphatic heterocycles. The van der Waals surface area contributed by atoms with Gasteiger partial charge in [-0.1, -0.05) is 30.3 Å². The highest BCUT2D eigenvalue weighted by atomic mass is 32.1. The highest BCUT2D eigenvalue weighted by Crippen LogP contribution is 2.27. The minimum absolute atomic E-state index is 0.998. The topological polar surface area (TPSA) is 15.3 Å². The molecular formula is C18H24N2S. The van der Waals surface area contributed by atoms with Crippen molar-refractivity contribution in [1.82, 2.24) is 10.2 Å². The van der Waals surface area contributed by atoms with Crippen LogP contribution in [-0.2, 0) is 6.54 Å². The van der Waals surface area contributed by atoms with Crippen LogP contribution >= 0.6 is 11.3 Å². The summed E-state index contributed by atoms with van der Waals surface area (Å²) < 4.78 is 0. The second kappa shape index (κ2) is 7.74. The summed E-state index contributed by atoms with van der Waals surface area (Å²) in [5.74, 6) is 0. The SMILES string of the molecule is c1ccc(-c2ccc(CNCCCN3CCCC3)s2)cc1. The summed E-state index contributed by atoms with van der Waals surface area (Å²) >= 11 is 1.90. The molecule has 0 atom stereocenters. The third-order valence-corrected chi connectivity index (χ3v) is 5.18. The molecule has 0 unspecified atom stereocenters. The number of nitrogens with one attached hydrogen (secondary N) is 1. The van der Waals surface area contributed by atoms with E-state index in [0.717, 1.165) is 13.1 Å². The van der Waals surface area contributed by atoms with Gasteiger partial charge in [0.15, 0.2) is 0 Å². The standard InChI is InChI=1S/C18H24N2S/c1-2-7-16(8-3-1)18-10-9-17(21-18)15-19-11-6-14-20-12-4-5-13-20/h1-3,7-10,19H,4-6,11-15H2. The third kappa shape index (κ3) is 4.40. The number of benzene rings is 1. The Hall–Kier alpha value is -1.16. The van der Waals surface area contributed by atoms with Crippen LogP contribution in [0.15, 0.2) is 42.5 Å². The van der Waals surface area contributed by atoms with Crippen molar-refractivity contribution in [2.75, 3.05) is 26.2 Å². The van der Waals surface area contributed by atoms with Crippen molar-refractivity contribution >= 4 is 11.3 Å². The van der Waals surface area contributed by atoms with Crippen LogP contribution in [0.1, 0.15) is 24.1 Å². The molecule has 0 spiro atoms. The maximum atomic E-state index is 3.57. The number of rotatable bonds is 7. The van der Waals surface area contributed by atoms with Gasteiger partial charge in [0, 0.05) is 16.3 Å². The first-order chi connectivity index (χ1) is 10.4. The molecular weight excluding hydrogens is 276 g/mol. The molecule has 0 radical (unpaired) electrons. The third-order valence-electron chi connectivity index (χ3n) is 4.05. The van der Waals surface area contributed by atoms with Crippen molar-refractivity contribution in [2.45, 2.75) is 25.8 Å². The summed E-state index contributed by atoms with van der Waals surface area (Å²) in [5, 5.41) is 3.57. The maximum absolute atomic E-state index is 3.57. The molecule has 0 aliphatic carbocycles. The van der Waals surface area contributed by atoms with E-state index in [1.807, 2.05) is 11.3 Å². The van der Waals surface area contributed by atoms with Gasteiger partial charge in [0.1, 0.15) is 0 Å². The smallest absolute Gasteiger partial charge is 0.0346 e. The zero-order chi connectivity index (χ0) is 14.3. The van der Waals surface area contributed by atoms with E-state index in [1.165, 1.54) is 54.2 Å². The van der Waals surface area contributed by atoms with Crippen LogP contribution in [0, 0.1) is 0 Å². The fraction of sp³-hybridized carbons (Fsp3) is 0.444. The Balaban J connectivity index is 1.39. The van der Waals surface area contributed by atoms with Gasteiger partial charge >= 0.3 is 0 Å². The molecule has 1 aliphatic rings. The zero-order valence-electron chi connectivity index (χ0n) is 12.6. The molecule has 0 bridgehead atoms. The minimum Gasteiger partial charge on any atom is -0.312 e. The molecule has 1 aromatic carbocycles. The molecule has 2 nitrogen and oxygen atoms in total. The molecule has 0 saturated carbocycles. The summed E-state index contributed by atoms with van der Waals surface area (Å²) in [7, 11) is 0. The minimum atomic E-state index is 0.998. The Kier molecular flexibility index (Phi) is 5.44. The fourth-order valence-corrected chi connectivity index (χ4v) is 3.86. The maximum Gasteiger partial charge on any atom is 0.0346 e. The van der Waals surface area contributed by atoms with Gasteiger partial charge in [-0.15, -0.1) is 11.3 Å². The number of hydrogen-bond donors (Lipinski definition) is 1. The average Bonchev–Trinajstić information content (AvgIpc) is 3.19. The van der Waals surface area contributed by atoms with E-state index in [2.05, 4.69) is 52.7 Å². The van der Waals surface area contributed by atoms with E-state index < -0.39 is 0 Å². The molecule has 1 fully saturated rings. The van der Waals surface area contributed by atoms with Gasteiger partial charge in [0.2, 0.25) is 0 Å². The van der Waals surface area contributed by atoms with Gasteiger partial charge in [-0.05, 0) is 63.1 Å². The molecule has 1 N–H and O–H groups in total. The Morgan fingerprint density at radius 3 is 2.62 bits per heavy atom. The van der Waals surface area contributed by atoms with Crippen molar-refractivity contribution in [3.8, 4) is 10.4 Å². The molecule has 3 heteroatoms. The van der Waals surface area contributed by atoms with Crippen LogP contribution in [-0.4, -0.2) is 31.1 Å². The van der Waals surface area contributed by atoms with Crippen molar-refractivity contribution in [1.29, 1.82) is 0 Å². The summed E-state index contributed by atoms with van der Waals surface area (Å²) in [5.41, 5.74) is 1.32. The van der Waals surface area contributed by atoms with Gasteiger partial charge in [-0.25, -0.2) is 0 Å². The van der Waals surface area contributed by atoms with Gasteiger partial charge in [0.05, 0.1) is 0 Å². The summed E-state index contributed by atoms with van der Waals surface area (Å²) in [6.07, 6.45) is 4.05. The Bertz CT molecular complexity index is 529. The van der Waals surface area contributed by atoms with Gasteiger partial charge in [-0.2, -0.15) is 0 Å². The van der Waals surface area contributed by atoms with Gasteiger partial charge in [0.25, 0.3) is 0 Å². The Morgan fingerprint density at radius 1 is 1.00 bits per heavy atom. The Labute approximate surface area is 131 Å². The highest BCUT2D eigenvalue weighted by Gasteiger charge is 2.10. The summed E-state index contributed by atoms with van der Waals surface area (Å²) in [6, 6.07) is 15.1. The lowest BCUT2D eigenvalue weighted by Crippen LogP contribution is -2.24. The van der Waals surface area contributed by atoms with Crippen molar-refractivity contribution < 1.29 is 0 Å². The zero-order valence-corrected chi connectivity index (χ0v) is 13.4. The normalized spacial score (nSPS) is 15.6.